The molecule has 0 bridgehead atoms. The van der Waals surface area contributed by atoms with Crippen molar-refractivity contribution in [2.45, 2.75) is 13.0 Å². The number of hydrogen-bond donors (Lipinski definition) is 1. The van der Waals surface area contributed by atoms with Crippen molar-refractivity contribution >= 4 is 0 Å². The predicted molar refractivity (Wildman–Crippen MR) is 80.4 cm³/mol. The van der Waals surface area contributed by atoms with Crippen LogP contribution in [0.25, 0.3) is 0 Å². The fraction of sp³-hybridized carbons (Fsp3) is 0.667. The van der Waals surface area contributed by atoms with Crippen molar-refractivity contribution in [2.24, 2.45) is 7.05 Å². The smallest absolute Gasteiger partial charge is 0.120 e. The fourth-order valence-corrected chi connectivity index (χ4v) is 2.57. The molecule has 5 heteroatoms. The minimum Gasteiger partial charge on any atom is -0.342 e. The topological polar surface area (TPSA) is 47.2 Å². The summed E-state index contributed by atoms with van der Waals surface area (Å²) in [6, 6.07) is 4.14. The van der Waals surface area contributed by atoms with Crippen LogP contribution in [0.4, 0.5) is 0 Å². The molecule has 1 aliphatic heterocycles. The third-order valence-corrected chi connectivity index (χ3v) is 3.93. The summed E-state index contributed by atoms with van der Waals surface area (Å²) in [7, 11) is 4.10. The Morgan fingerprint density at radius 2 is 2.00 bits per heavy atom. The van der Waals surface area contributed by atoms with Gasteiger partial charge in [0.15, 0.2) is 0 Å². The third kappa shape index (κ3) is 4.34. The maximum Gasteiger partial charge on any atom is 0.120 e. The van der Waals surface area contributed by atoms with Crippen LogP contribution in [0.2, 0.25) is 0 Å². The average molecular weight is 275 g/mol. The lowest BCUT2D eigenvalue weighted by molar-refractivity contribution is 0.153. The quantitative estimate of drug-likeness (QED) is 0.773. The van der Waals surface area contributed by atoms with E-state index in [0.29, 0.717) is 0 Å². The summed E-state index contributed by atoms with van der Waals surface area (Å²) in [6.45, 7) is 7.82. The van der Waals surface area contributed by atoms with E-state index in [1.165, 1.54) is 44.7 Å². The van der Waals surface area contributed by atoms with E-state index >= 15 is 0 Å². The van der Waals surface area contributed by atoms with E-state index in [2.05, 4.69) is 28.2 Å². The van der Waals surface area contributed by atoms with Crippen molar-refractivity contribution in [1.29, 1.82) is 5.26 Å². The summed E-state index contributed by atoms with van der Waals surface area (Å²) in [5.41, 5.74) is 1.91. The van der Waals surface area contributed by atoms with E-state index < -0.39 is 0 Å². The number of likely N-dealkylation sites (N-methyl/N-ethyl adjacent to an activating group) is 1. The van der Waals surface area contributed by atoms with Crippen LogP contribution in [0.3, 0.4) is 0 Å². The summed E-state index contributed by atoms with van der Waals surface area (Å²) in [5.74, 6) is 0. The van der Waals surface area contributed by atoms with Crippen LogP contribution in [0, 0.1) is 11.3 Å². The number of nitriles is 1. The molecule has 0 amide bonds. The van der Waals surface area contributed by atoms with Crippen LogP contribution >= 0.6 is 0 Å². The van der Waals surface area contributed by atoms with E-state index in [0.717, 1.165) is 18.8 Å². The number of aryl methyl sites for hydroxylation is 1. The molecular weight excluding hydrogens is 250 g/mol. The number of aromatic nitrogens is 1. The molecule has 0 radical (unpaired) electrons. The Morgan fingerprint density at radius 1 is 1.25 bits per heavy atom. The SMILES string of the molecule is CN1CCN(CCCNCc2cc(C#N)n(C)c2)CC1. The number of piperazine rings is 1. The molecule has 0 spiro atoms. The molecule has 0 aliphatic carbocycles. The van der Waals surface area contributed by atoms with Crippen molar-refractivity contribution in [2.75, 3.05) is 46.3 Å². The van der Waals surface area contributed by atoms with E-state index in [1.807, 2.05) is 23.9 Å². The Morgan fingerprint density at radius 3 is 2.65 bits per heavy atom. The van der Waals surface area contributed by atoms with Gasteiger partial charge in [-0.25, -0.2) is 0 Å². The molecule has 1 aromatic heterocycles. The van der Waals surface area contributed by atoms with E-state index in [1.54, 1.807) is 0 Å². The normalized spacial score (nSPS) is 17.2. The van der Waals surface area contributed by atoms with Crippen LogP contribution < -0.4 is 5.32 Å². The van der Waals surface area contributed by atoms with Crippen molar-refractivity contribution in [3.63, 3.8) is 0 Å². The van der Waals surface area contributed by atoms with Gasteiger partial charge in [0.2, 0.25) is 0 Å². The molecule has 0 aromatic carbocycles. The zero-order chi connectivity index (χ0) is 14.4. The highest BCUT2D eigenvalue weighted by Crippen LogP contribution is 2.05. The van der Waals surface area contributed by atoms with E-state index in [9.17, 15) is 0 Å². The van der Waals surface area contributed by atoms with Crippen molar-refractivity contribution < 1.29 is 0 Å². The highest BCUT2D eigenvalue weighted by atomic mass is 15.2. The minimum absolute atomic E-state index is 0.722. The second kappa shape index (κ2) is 7.44. The molecule has 20 heavy (non-hydrogen) atoms. The molecule has 0 unspecified atom stereocenters. The van der Waals surface area contributed by atoms with Crippen LogP contribution in [-0.2, 0) is 13.6 Å². The van der Waals surface area contributed by atoms with Gasteiger partial charge >= 0.3 is 0 Å². The highest BCUT2D eigenvalue weighted by Gasteiger charge is 2.12. The van der Waals surface area contributed by atoms with Crippen LogP contribution in [-0.4, -0.2) is 60.7 Å². The lowest BCUT2D eigenvalue weighted by Crippen LogP contribution is -2.45. The number of hydrogen-bond acceptors (Lipinski definition) is 4. The molecular formula is C15H25N5. The first-order chi connectivity index (χ1) is 9.69. The lowest BCUT2D eigenvalue weighted by atomic mass is 10.3. The number of nitrogens with zero attached hydrogens (tertiary/aromatic N) is 4. The van der Waals surface area contributed by atoms with Gasteiger partial charge in [0.25, 0.3) is 0 Å². The fourth-order valence-electron chi connectivity index (χ4n) is 2.57. The summed E-state index contributed by atoms with van der Waals surface area (Å²) < 4.78 is 1.88. The van der Waals surface area contributed by atoms with Gasteiger partial charge in [-0.05, 0) is 38.2 Å². The van der Waals surface area contributed by atoms with Crippen LogP contribution in [0.5, 0.6) is 0 Å². The van der Waals surface area contributed by atoms with Gasteiger partial charge in [-0.15, -0.1) is 0 Å². The zero-order valence-corrected chi connectivity index (χ0v) is 12.6. The third-order valence-electron chi connectivity index (χ3n) is 3.93. The Labute approximate surface area is 121 Å². The molecule has 5 nitrogen and oxygen atoms in total. The minimum atomic E-state index is 0.722. The molecule has 2 rings (SSSR count). The second-order valence-electron chi connectivity index (χ2n) is 5.63. The highest BCUT2D eigenvalue weighted by molar-refractivity contribution is 5.28. The van der Waals surface area contributed by atoms with Gasteiger partial charge in [-0.1, -0.05) is 0 Å². The summed E-state index contributed by atoms with van der Waals surface area (Å²) in [5, 5.41) is 12.4. The average Bonchev–Trinajstić information content (AvgIpc) is 2.81. The van der Waals surface area contributed by atoms with Crippen molar-refractivity contribution in [3.8, 4) is 6.07 Å². The van der Waals surface area contributed by atoms with Gasteiger partial charge in [-0.3, -0.25) is 0 Å². The second-order valence-corrected chi connectivity index (χ2v) is 5.63. The Balaban J connectivity index is 1.58. The van der Waals surface area contributed by atoms with Crippen molar-refractivity contribution in [1.82, 2.24) is 19.7 Å². The van der Waals surface area contributed by atoms with E-state index in [4.69, 9.17) is 5.26 Å². The Kier molecular flexibility index (Phi) is 5.60. The molecule has 1 fully saturated rings. The van der Waals surface area contributed by atoms with E-state index in [-0.39, 0.29) is 0 Å². The van der Waals surface area contributed by atoms with Crippen molar-refractivity contribution in [3.05, 3.63) is 23.5 Å². The Bertz CT molecular complexity index is 451. The summed E-state index contributed by atoms with van der Waals surface area (Å²) in [4.78, 5) is 4.93. The molecule has 1 aromatic rings. The molecule has 1 saturated heterocycles. The van der Waals surface area contributed by atoms with Gasteiger partial charge in [0.1, 0.15) is 11.8 Å². The van der Waals surface area contributed by atoms with Crippen LogP contribution in [0.1, 0.15) is 17.7 Å². The Hall–Kier alpha value is -1.35. The van der Waals surface area contributed by atoms with Gasteiger partial charge in [0, 0.05) is 46.0 Å². The largest absolute Gasteiger partial charge is 0.342 e. The monoisotopic (exact) mass is 275 g/mol. The lowest BCUT2D eigenvalue weighted by Gasteiger charge is -2.32. The number of rotatable bonds is 6. The molecule has 1 N–H and O–H groups in total. The maximum absolute atomic E-state index is 8.90. The summed E-state index contributed by atoms with van der Waals surface area (Å²) in [6.07, 6.45) is 3.20. The molecule has 0 saturated carbocycles. The predicted octanol–water partition coefficient (Wildman–Crippen LogP) is 0.624. The zero-order valence-electron chi connectivity index (χ0n) is 12.6. The molecule has 1 aliphatic rings. The summed E-state index contributed by atoms with van der Waals surface area (Å²) >= 11 is 0. The maximum atomic E-state index is 8.90. The molecule has 0 atom stereocenters. The van der Waals surface area contributed by atoms with Crippen LogP contribution in [0.15, 0.2) is 12.3 Å². The first-order valence-electron chi connectivity index (χ1n) is 7.36. The van der Waals surface area contributed by atoms with Gasteiger partial charge < -0.3 is 19.7 Å². The molecule has 110 valence electrons. The standard InChI is InChI=1S/C15H25N5/c1-18-6-8-20(9-7-18)5-3-4-17-12-14-10-15(11-16)19(2)13-14/h10,13,17H,3-9,12H2,1-2H3. The van der Waals surface area contributed by atoms with Gasteiger partial charge in [-0.2, -0.15) is 5.26 Å². The molecule has 2 heterocycles. The first kappa shape index (κ1) is 15.0. The van der Waals surface area contributed by atoms with Gasteiger partial charge in [0.05, 0.1) is 0 Å². The first-order valence-corrected chi connectivity index (χ1v) is 7.36. The number of nitrogens with one attached hydrogen (secondary N) is 1.